The smallest absolute Gasteiger partial charge is 0.114 e. The Morgan fingerprint density at radius 1 is 1.71 bits per heavy atom. The minimum absolute atomic E-state index is 0.0890. The van der Waals surface area contributed by atoms with Crippen molar-refractivity contribution < 1.29 is 9.50 Å². The van der Waals surface area contributed by atoms with Gasteiger partial charge in [0.25, 0.3) is 0 Å². The van der Waals surface area contributed by atoms with Crippen LogP contribution in [0.25, 0.3) is 0 Å². The van der Waals surface area contributed by atoms with Crippen molar-refractivity contribution in [3.05, 3.63) is 23.0 Å². The summed E-state index contributed by atoms with van der Waals surface area (Å²) < 4.78 is 13.5. The minimum Gasteiger partial charge on any atom is -0.395 e. The number of hydrogen-bond acceptors (Lipinski definition) is 1. The molecule has 1 aliphatic rings. The Bertz CT molecular complexity index is 283. The molecule has 0 radical (unpaired) electrons. The van der Waals surface area contributed by atoms with E-state index in [9.17, 15) is 9.50 Å². The maximum Gasteiger partial charge on any atom is 0.114 e. The molecule has 0 saturated heterocycles. The summed E-state index contributed by atoms with van der Waals surface area (Å²) in [4.78, 5) is 0. The number of hydrogen-bond donors (Lipinski definition) is 1. The second-order valence-electron chi connectivity index (χ2n) is 3.94. The molecule has 1 fully saturated rings. The molecule has 0 heterocycles. The zero-order chi connectivity index (χ0) is 10.8. The zero-order valence-electron chi connectivity index (χ0n) is 8.61. The van der Waals surface area contributed by atoms with E-state index in [-0.39, 0.29) is 23.2 Å². The summed E-state index contributed by atoms with van der Waals surface area (Å²) in [6.07, 6.45) is 3.48. The van der Waals surface area contributed by atoms with Crippen LogP contribution in [0.4, 0.5) is 4.39 Å². The lowest BCUT2D eigenvalue weighted by atomic mass is 9.84. The molecule has 0 amide bonds. The van der Waals surface area contributed by atoms with Gasteiger partial charge in [-0.2, -0.15) is 0 Å². The van der Waals surface area contributed by atoms with E-state index in [2.05, 4.69) is 15.9 Å². The fourth-order valence-corrected chi connectivity index (χ4v) is 2.42. The van der Waals surface area contributed by atoms with E-state index in [0.29, 0.717) is 0 Å². The summed E-state index contributed by atoms with van der Waals surface area (Å²) in [6.45, 7) is 3.97. The standard InChI is InChI=1S/C11H16BrFO/c1-3-9-8(10(13)6-12)4-5-11(9,2)7-14/h3,14H,4-7H2,1-2H3/b9-3?,10-8+. The highest BCUT2D eigenvalue weighted by Crippen LogP contribution is 2.47. The third-order valence-electron chi connectivity index (χ3n) is 2.98. The first-order chi connectivity index (χ1) is 6.59. The highest BCUT2D eigenvalue weighted by Gasteiger charge is 2.37. The van der Waals surface area contributed by atoms with Crippen LogP contribution in [0.2, 0.25) is 0 Å². The molecule has 3 heteroatoms. The number of rotatable bonds is 2. The molecule has 14 heavy (non-hydrogen) atoms. The van der Waals surface area contributed by atoms with E-state index >= 15 is 0 Å². The first-order valence-corrected chi connectivity index (χ1v) is 5.92. The van der Waals surface area contributed by atoms with Gasteiger partial charge in [0.15, 0.2) is 0 Å². The Hall–Kier alpha value is -0.150. The summed E-state index contributed by atoms with van der Waals surface area (Å²) in [6, 6.07) is 0. The SMILES string of the molecule is CC=C1/C(=C(/F)CBr)CCC1(C)CO. The van der Waals surface area contributed by atoms with Gasteiger partial charge in [0.1, 0.15) is 5.83 Å². The normalized spacial score (nSPS) is 33.9. The largest absolute Gasteiger partial charge is 0.395 e. The first kappa shape index (κ1) is 11.9. The fraction of sp³-hybridized carbons (Fsp3) is 0.636. The molecular weight excluding hydrogens is 247 g/mol. The lowest BCUT2D eigenvalue weighted by molar-refractivity contribution is 0.179. The highest BCUT2D eigenvalue weighted by molar-refractivity contribution is 9.09. The molecular formula is C11H16BrFO. The van der Waals surface area contributed by atoms with Gasteiger partial charge in [-0.15, -0.1) is 0 Å². The fourth-order valence-electron chi connectivity index (χ4n) is 2.08. The van der Waals surface area contributed by atoms with Crippen molar-refractivity contribution in [2.75, 3.05) is 11.9 Å². The molecule has 0 aromatic heterocycles. The average Bonchev–Trinajstić information content (AvgIpc) is 2.55. The van der Waals surface area contributed by atoms with Crippen molar-refractivity contribution in [3.8, 4) is 0 Å². The van der Waals surface area contributed by atoms with Gasteiger partial charge >= 0.3 is 0 Å². The molecule has 0 aromatic carbocycles. The van der Waals surface area contributed by atoms with Crippen molar-refractivity contribution in [2.24, 2.45) is 5.41 Å². The topological polar surface area (TPSA) is 20.2 Å². The number of allylic oxidation sites excluding steroid dienone is 3. The molecule has 1 rings (SSSR count). The Balaban J connectivity index is 3.09. The Morgan fingerprint density at radius 3 is 2.79 bits per heavy atom. The van der Waals surface area contributed by atoms with Crippen molar-refractivity contribution in [3.63, 3.8) is 0 Å². The van der Waals surface area contributed by atoms with Crippen LogP contribution in [0.3, 0.4) is 0 Å². The van der Waals surface area contributed by atoms with Gasteiger partial charge in [-0.3, -0.25) is 0 Å². The van der Waals surface area contributed by atoms with E-state index < -0.39 is 0 Å². The Morgan fingerprint density at radius 2 is 2.36 bits per heavy atom. The van der Waals surface area contributed by atoms with E-state index in [1.807, 2.05) is 19.9 Å². The van der Waals surface area contributed by atoms with Gasteiger partial charge in [-0.05, 0) is 30.9 Å². The zero-order valence-corrected chi connectivity index (χ0v) is 10.2. The van der Waals surface area contributed by atoms with Crippen molar-refractivity contribution >= 4 is 15.9 Å². The minimum atomic E-state index is -0.246. The predicted octanol–water partition coefficient (Wildman–Crippen LogP) is 3.34. The monoisotopic (exact) mass is 262 g/mol. The van der Waals surface area contributed by atoms with Gasteiger partial charge < -0.3 is 5.11 Å². The Labute approximate surface area is 92.8 Å². The van der Waals surface area contributed by atoms with Crippen LogP contribution in [-0.2, 0) is 0 Å². The predicted molar refractivity (Wildman–Crippen MR) is 60.1 cm³/mol. The highest BCUT2D eigenvalue weighted by atomic mass is 79.9. The van der Waals surface area contributed by atoms with Gasteiger partial charge in [-0.25, -0.2) is 4.39 Å². The van der Waals surface area contributed by atoms with E-state index in [0.717, 1.165) is 24.0 Å². The summed E-state index contributed by atoms with van der Waals surface area (Å²) in [7, 11) is 0. The maximum atomic E-state index is 13.5. The third kappa shape index (κ3) is 1.94. The summed E-state index contributed by atoms with van der Waals surface area (Å²) in [5.74, 6) is -0.102. The van der Waals surface area contributed by atoms with Crippen LogP contribution in [0.15, 0.2) is 23.0 Å². The second-order valence-corrected chi connectivity index (χ2v) is 4.50. The van der Waals surface area contributed by atoms with Crippen LogP contribution in [0.5, 0.6) is 0 Å². The third-order valence-corrected chi connectivity index (χ3v) is 3.48. The summed E-state index contributed by atoms with van der Waals surface area (Å²) >= 11 is 3.12. The van der Waals surface area contributed by atoms with Gasteiger partial charge in [0.2, 0.25) is 0 Å². The van der Waals surface area contributed by atoms with E-state index in [1.165, 1.54) is 0 Å². The number of aliphatic hydroxyl groups excluding tert-OH is 1. The number of aliphatic hydroxyl groups is 1. The number of alkyl halides is 1. The average molecular weight is 263 g/mol. The molecule has 1 N–H and O–H groups in total. The van der Waals surface area contributed by atoms with Crippen LogP contribution < -0.4 is 0 Å². The summed E-state index contributed by atoms with van der Waals surface area (Å²) in [5, 5.41) is 9.57. The summed E-state index contributed by atoms with van der Waals surface area (Å²) in [5.41, 5.74) is 1.50. The van der Waals surface area contributed by atoms with E-state index in [4.69, 9.17) is 0 Å². The van der Waals surface area contributed by atoms with Crippen molar-refractivity contribution in [2.45, 2.75) is 26.7 Å². The molecule has 0 aliphatic heterocycles. The van der Waals surface area contributed by atoms with Gasteiger partial charge in [0.05, 0.1) is 11.9 Å². The van der Waals surface area contributed by atoms with Crippen LogP contribution >= 0.6 is 15.9 Å². The lowest BCUT2D eigenvalue weighted by Gasteiger charge is -2.22. The molecule has 1 nitrogen and oxygen atoms in total. The Kier molecular flexibility index (Phi) is 3.90. The quantitative estimate of drug-likeness (QED) is 0.757. The molecule has 0 bridgehead atoms. The molecule has 1 saturated carbocycles. The number of halogens is 2. The lowest BCUT2D eigenvalue weighted by Crippen LogP contribution is -2.19. The van der Waals surface area contributed by atoms with Crippen LogP contribution in [-0.4, -0.2) is 17.0 Å². The first-order valence-electron chi connectivity index (χ1n) is 4.80. The van der Waals surface area contributed by atoms with Gasteiger partial charge in [-0.1, -0.05) is 28.9 Å². The molecule has 80 valence electrons. The van der Waals surface area contributed by atoms with Crippen LogP contribution in [0, 0.1) is 5.41 Å². The van der Waals surface area contributed by atoms with Crippen molar-refractivity contribution in [1.82, 2.24) is 0 Å². The van der Waals surface area contributed by atoms with Gasteiger partial charge in [0, 0.05) is 5.41 Å². The van der Waals surface area contributed by atoms with Crippen molar-refractivity contribution in [1.29, 1.82) is 0 Å². The molecule has 0 aromatic rings. The second kappa shape index (κ2) is 4.58. The molecule has 1 atom stereocenters. The molecule has 1 unspecified atom stereocenters. The molecule has 0 spiro atoms. The van der Waals surface area contributed by atoms with Crippen LogP contribution in [0.1, 0.15) is 26.7 Å². The van der Waals surface area contributed by atoms with E-state index in [1.54, 1.807) is 0 Å². The maximum absolute atomic E-state index is 13.5. The molecule has 1 aliphatic carbocycles.